The zero-order valence-electron chi connectivity index (χ0n) is 12.2. The number of aryl methyl sites for hydroxylation is 2. The van der Waals surface area contributed by atoms with Crippen LogP contribution < -0.4 is 0 Å². The maximum absolute atomic E-state index is 11.9. The molecule has 1 heterocycles. The number of piperidine rings is 1. The van der Waals surface area contributed by atoms with Gasteiger partial charge in [0, 0.05) is 6.54 Å². The Kier molecular flexibility index (Phi) is 4.06. The minimum absolute atomic E-state index is 0.0537. The molecule has 1 aliphatic carbocycles. The van der Waals surface area contributed by atoms with E-state index in [1.54, 1.807) is 0 Å². The Morgan fingerprint density at radius 1 is 1.25 bits per heavy atom. The molecule has 3 nitrogen and oxygen atoms in total. The molecule has 3 heteroatoms. The summed E-state index contributed by atoms with van der Waals surface area (Å²) in [5, 5.41) is 0. The van der Waals surface area contributed by atoms with Crippen molar-refractivity contribution in [3.63, 3.8) is 0 Å². The Labute approximate surface area is 120 Å². The van der Waals surface area contributed by atoms with E-state index in [0.29, 0.717) is 0 Å². The predicted molar refractivity (Wildman–Crippen MR) is 78.5 cm³/mol. The molecule has 0 unspecified atom stereocenters. The summed E-state index contributed by atoms with van der Waals surface area (Å²) in [6, 6.07) is 6.79. The first-order chi connectivity index (χ1) is 9.78. The summed E-state index contributed by atoms with van der Waals surface area (Å²) in [6.45, 7) is 1.86. The number of carbonyl (C=O) groups excluding carboxylic acids is 1. The van der Waals surface area contributed by atoms with E-state index in [2.05, 4.69) is 23.1 Å². The minimum Gasteiger partial charge on any atom is -0.468 e. The average Bonchev–Trinajstić information content (AvgIpc) is 2.94. The van der Waals surface area contributed by atoms with Crippen LogP contribution in [-0.4, -0.2) is 30.6 Å². The van der Waals surface area contributed by atoms with Gasteiger partial charge in [0.2, 0.25) is 0 Å². The van der Waals surface area contributed by atoms with E-state index in [-0.39, 0.29) is 12.0 Å². The lowest BCUT2D eigenvalue weighted by Crippen LogP contribution is -2.44. The average molecular weight is 273 g/mol. The van der Waals surface area contributed by atoms with Gasteiger partial charge in [0.1, 0.15) is 6.04 Å². The number of rotatable bonds is 3. The van der Waals surface area contributed by atoms with Crippen LogP contribution in [0.1, 0.15) is 42.4 Å². The van der Waals surface area contributed by atoms with Crippen LogP contribution in [0.2, 0.25) is 0 Å². The van der Waals surface area contributed by atoms with Gasteiger partial charge in [-0.25, -0.2) is 0 Å². The molecule has 1 saturated heterocycles. The standard InChI is InChI=1S/C17H23NO2/c1-20-17(19)16-7-2-3-10-18(16)12-13-8-9-14-5-4-6-15(14)11-13/h8-9,11,16H,2-7,10,12H2,1H3/t16-/m1/s1. The van der Waals surface area contributed by atoms with E-state index >= 15 is 0 Å². The molecule has 2 aliphatic rings. The van der Waals surface area contributed by atoms with E-state index in [1.807, 2.05) is 0 Å². The van der Waals surface area contributed by atoms with Crippen LogP contribution in [0, 0.1) is 0 Å². The van der Waals surface area contributed by atoms with Gasteiger partial charge in [0.25, 0.3) is 0 Å². The molecule has 0 spiro atoms. The van der Waals surface area contributed by atoms with Crippen molar-refractivity contribution in [2.75, 3.05) is 13.7 Å². The highest BCUT2D eigenvalue weighted by atomic mass is 16.5. The summed E-state index contributed by atoms with van der Waals surface area (Å²) >= 11 is 0. The van der Waals surface area contributed by atoms with Crippen molar-refractivity contribution in [2.24, 2.45) is 0 Å². The number of fused-ring (bicyclic) bond motifs is 1. The van der Waals surface area contributed by atoms with Crippen LogP contribution in [0.15, 0.2) is 18.2 Å². The molecule has 0 radical (unpaired) electrons. The molecule has 0 N–H and O–H groups in total. The zero-order chi connectivity index (χ0) is 13.9. The summed E-state index contributed by atoms with van der Waals surface area (Å²) in [5.74, 6) is -0.0779. The Balaban J connectivity index is 1.73. The second-order valence-corrected chi connectivity index (χ2v) is 5.96. The molecule has 1 aliphatic heterocycles. The Bertz CT molecular complexity index is 498. The molecule has 1 aromatic rings. The van der Waals surface area contributed by atoms with Crippen molar-refractivity contribution in [1.82, 2.24) is 4.90 Å². The van der Waals surface area contributed by atoms with Crippen LogP contribution in [-0.2, 0) is 28.9 Å². The summed E-state index contributed by atoms with van der Waals surface area (Å²) in [6.07, 6.45) is 6.96. The van der Waals surface area contributed by atoms with Crippen molar-refractivity contribution in [1.29, 1.82) is 0 Å². The first-order valence-electron chi connectivity index (χ1n) is 7.70. The fourth-order valence-electron chi connectivity index (χ4n) is 3.54. The van der Waals surface area contributed by atoms with E-state index in [1.165, 1.54) is 49.5 Å². The Morgan fingerprint density at radius 2 is 2.10 bits per heavy atom. The van der Waals surface area contributed by atoms with Gasteiger partial charge in [0.15, 0.2) is 0 Å². The molecule has 20 heavy (non-hydrogen) atoms. The molecule has 3 rings (SSSR count). The fourth-order valence-corrected chi connectivity index (χ4v) is 3.54. The summed E-state index contributed by atoms with van der Waals surface area (Å²) in [5.41, 5.74) is 4.35. The van der Waals surface area contributed by atoms with Gasteiger partial charge in [-0.1, -0.05) is 24.6 Å². The monoisotopic (exact) mass is 273 g/mol. The van der Waals surface area contributed by atoms with Gasteiger partial charge in [-0.05, 0) is 55.3 Å². The van der Waals surface area contributed by atoms with Gasteiger partial charge in [0.05, 0.1) is 7.11 Å². The van der Waals surface area contributed by atoms with Gasteiger partial charge >= 0.3 is 5.97 Å². The van der Waals surface area contributed by atoms with E-state index < -0.39 is 0 Å². The third kappa shape index (κ3) is 2.73. The maximum Gasteiger partial charge on any atom is 0.323 e. The Morgan fingerprint density at radius 3 is 2.95 bits per heavy atom. The fraction of sp³-hybridized carbons (Fsp3) is 0.588. The SMILES string of the molecule is COC(=O)[C@H]1CCCCN1Cc1ccc2c(c1)CCC2. The second-order valence-electron chi connectivity index (χ2n) is 5.96. The number of methoxy groups -OCH3 is 1. The van der Waals surface area contributed by atoms with E-state index in [4.69, 9.17) is 4.74 Å². The van der Waals surface area contributed by atoms with Gasteiger partial charge < -0.3 is 4.74 Å². The highest BCUT2D eigenvalue weighted by molar-refractivity contribution is 5.75. The molecule has 0 bridgehead atoms. The molecule has 0 amide bonds. The quantitative estimate of drug-likeness (QED) is 0.793. The lowest BCUT2D eigenvalue weighted by atomic mass is 10.00. The van der Waals surface area contributed by atoms with Crippen LogP contribution in [0.25, 0.3) is 0 Å². The summed E-state index contributed by atoms with van der Waals surface area (Å²) < 4.78 is 4.95. The van der Waals surface area contributed by atoms with E-state index in [0.717, 1.165) is 25.9 Å². The number of ether oxygens (including phenoxy) is 1. The summed E-state index contributed by atoms with van der Waals surface area (Å²) in [7, 11) is 1.49. The van der Waals surface area contributed by atoms with Crippen molar-refractivity contribution in [2.45, 2.75) is 51.1 Å². The zero-order valence-corrected chi connectivity index (χ0v) is 12.2. The van der Waals surface area contributed by atoms with Crippen LogP contribution in [0.4, 0.5) is 0 Å². The molecular weight excluding hydrogens is 250 g/mol. The third-order valence-electron chi connectivity index (χ3n) is 4.64. The highest BCUT2D eigenvalue weighted by Gasteiger charge is 2.29. The largest absolute Gasteiger partial charge is 0.468 e. The number of carbonyl (C=O) groups is 1. The molecule has 0 saturated carbocycles. The number of benzene rings is 1. The number of likely N-dealkylation sites (tertiary alicyclic amines) is 1. The highest BCUT2D eigenvalue weighted by Crippen LogP contribution is 2.25. The lowest BCUT2D eigenvalue weighted by molar-refractivity contribution is -0.148. The third-order valence-corrected chi connectivity index (χ3v) is 4.64. The minimum atomic E-state index is -0.0779. The number of hydrogen-bond donors (Lipinski definition) is 0. The Hall–Kier alpha value is -1.35. The number of esters is 1. The molecule has 1 atom stereocenters. The maximum atomic E-state index is 11.9. The van der Waals surface area contributed by atoms with Crippen molar-refractivity contribution in [3.05, 3.63) is 34.9 Å². The van der Waals surface area contributed by atoms with Crippen LogP contribution >= 0.6 is 0 Å². The first-order valence-corrected chi connectivity index (χ1v) is 7.70. The van der Waals surface area contributed by atoms with Crippen molar-refractivity contribution < 1.29 is 9.53 Å². The van der Waals surface area contributed by atoms with Crippen LogP contribution in [0.5, 0.6) is 0 Å². The van der Waals surface area contributed by atoms with Crippen molar-refractivity contribution in [3.8, 4) is 0 Å². The molecule has 108 valence electrons. The van der Waals surface area contributed by atoms with Crippen LogP contribution in [0.3, 0.4) is 0 Å². The molecule has 0 aromatic heterocycles. The van der Waals surface area contributed by atoms with Gasteiger partial charge in [-0.3, -0.25) is 9.69 Å². The first kappa shape index (κ1) is 13.6. The summed E-state index contributed by atoms with van der Waals surface area (Å²) in [4.78, 5) is 14.2. The molecule has 1 fully saturated rings. The van der Waals surface area contributed by atoms with Gasteiger partial charge in [-0.2, -0.15) is 0 Å². The second kappa shape index (κ2) is 5.96. The predicted octanol–water partition coefficient (Wildman–Crippen LogP) is 2.70. The van der Waals surface area contributed by atoms with E-state index in [9.17, 15) is 4.79 Å². The molecule has 1 aromatic carbocycles. The molecular formula is C17H23NO2. The number of hydrogen-bond acceptors (Lipinski definition) is 3. The number of nitrogens with zero attached hydrogens (tertiary/aromatic N) is 1. The smallest absolute Gasteiger partial charge is 0.323 e. The lowest BCUT2D eigenvalue weighted by Gasteiger charge is -2.33. The topological polar surface area (TPSA) is 29.5 Å². The van der Waals surface area contributed by atoms with Gasteiger partial charge in [-0.15, -0.1) is 0 Å². The normalized spacial score (nSPS) is 22.6. The van der Waals surface area contributed by atoms with Crippen molar-refractivity contribution >= 4 is 5.97 Å².